The number of nitriles is 1. The molecule has 0 saturated carbocycles. The lowest BCUT2D eigenvalue weighted by molar-refractivity contribution is -0.138. The van der Waals surface area contributed by atoms with Gasteiger partial charge in [-0.05, 0) is 18.2 Å². The third kappa shape index (κ3) is 2.99. The summed E-state index contributed by atoms with van der Waals surface area (Å²) in [6, 6.07) is 9.63. The molecule has 1 saturated heterocycles. The van der Waals surface area contributed by atoms with Crippen molar-refractivity contribution in [3.05, 3.63) is 29.8 Å². The molecule has 5 heteroatoms. The molecule has 1 aromatic carbocycles. The Morgan fingerprint density at radius 1 is 1.33 bits per heavy atom. The Hall–Kier alpha value is -2.06. The fraction of sp³-hybridized carbons (Fsp3) is 0.385. The topological polar surface area (TPSA) is 67.6 Å². The molecule has 2 rings (SSSR count). The molecule has 1 aromatic rings. The number of hydrogen-bond donors (Lipinski definition) is 1. The summed E-state index contributed by atoms with van der Waals surface area (Å²) in [5.41, 5.74) is 1.68. The Morgan fingerprint density at radius 2 is 2.06 bits per heavy atom. The first-order valence-electron chi connectivity index (χ1n) is 5.88. The molecule has 1 fully saturated rings. The van der Waals surface area contributed by atoms with E-state index in [0.717, 1.165) is 31.9 Å². The number of benzene rings is 1. The maximum Gasteiger partial charge on any atom is 0.317 e. The summed E-state index contributed by atoms with van der Waals surface area (Å²) < 4.78 is 0. The highest BCUT2D eigenvalue weighted by Gasteiger charge is 2.18. The number of nitrogens with zero attached hydrogens (tertiary/aromatic N) is 3. The van der Waals surface area contributed by atoms with E-state index in [9.17, 15) is 4.79 Å². The molecular weight excluding hydrogens is 230 g/mol. The first kappa shape index (κ1) is 12.4. The highest BCUT2D eigenvalue weighted by Crippen LogP contribution is 2.17. The monoisotopic (exact) mass is 245 g/mol. The molecule has 0 amide bonds. The molecule has 5 nitrogen and oxygen atoms in total. The van der Waals surface area contributed by atoms with E-state index in [4.69, 9.17) is 10.4 Å². The number of rotatable bonds is 3. The number of carboxylic acids is 1. The largest absolute Gasteiger partial charge is 0.480 e. The van der Waals surface area contributed by atoms with Crippen LogP contribution in [0.15, 0.2) is 24.3 Å². The molecule has 0 radical (unpaired) electrons. The SMILES string of the molecule is N#Cc1cccc(N2CCN(CC(=O)O)CC2)c1. The van der Waals surface area contributed by atoms with Gasteiger partial charge in [-0.1, -0.05) is 6.07 Å². The normalized spacial score (nSPS) is 16.3. The lowest BCUT2D eigenvalue weighted by Crippen LogP contribution is -2.48. The van der Waals surface area contributed by atoms with Crippen molar-refractivity contribution in [3.8, 4) is 6.07 Å². The van der Waals surface area contributed by atoms with Crippen LogP contribution in [0.3, 0.4) is 0 Å². The van der Waals surface area contributed by atoms with Crippen molar-refractivity contribution in [2.45, 2.75) is 0 Å². The fourth-order valence-corrected chi connectivity index (χ4v) is 2.13. The van der Waals surface area contributed by atoms with Crippen molar-refractivity contribution < 1.29 is 9.90 Å². The Bertz CT molecular complexity index is 473. The second-order valence-electron chi connectivity index (χ2n) is 4.32. The third-order valence-corrected chi connectivity index (χ3v) is 3.07. The molecule has 1 aliphatic heterocycles. The highest BCUT2D eigenvalue weighted by molar-refractivity contribution is 5.69. The van der Waals surface area contributed by atoms with Crippen LogP contribution in [0.2, 0.25) is 0 Å². The molecule has 0 bridgehead atoms. The van der Waals surface area contributed by atoms with Crippen LogP contribution < -0.4 is 4.90 Å². The van der Waals surface area contributed by atoms with Crippen LogP contribution in [-0.4, -0.2) is 48.7 Å². The van der Waals surface area contributed by atoms with E-state index in [0.29, 0.717) is 5.56 Å². The second kappa shape index (κ2) is 5.52. The molecule has 0 spiro atoms. The maximum atomic E-state index is 10.6. The summed E-state index contributed by atoms with van der Waals surface area (Å²) in [7, 11) is 0. The molecule has 0 aliphatic carbocycles. The van der Waals surface area contributed by atoms with E-state index in [2.05, 4.69) is 11.0 Å². The van der Waals surface area contributed by atoms with Crippen molar-refractivity contribution in [1.29, 1.82) is 5.26 Å². The quantitative estimate of drug-likeness (QED) is 0.851. The smallest absolute Gasteiger partial charge is 0.317 e. The van der Waals surface area contributed by atoms with Crippen molar-refractivity contribution in [3.63, 3.8) is 0 Å². The summed E-state index contributed by atoms with van der Waals surface area (Å²) in [6.07, 6.45) is 0. The summed E-state index contributed by atoms with van der Waals surface area (Å²) in [5.74, 6) is -0.782. The Morgan fingerprint density at radius 3 is 2.67 bits per heavy atom. The molecule has 1 aliphatic rings. The van der Waals surface area contributed by atoms with E-state index in [1.165, 1.54) is 0 Å². The average molecular weight is 245 g/mol. The van der Waals surface area contributed by atoms with Gasteiger partial charge in [0, 0.05) is 31.9 Å². The molecule has 18 heavy (non-hydrogen) atoms. The first-order chi connectivity index (χ1) is 8.69. The molecule has 1 N–H and O–H groups in total. The molecule has 94 valence electrons. The van der Waals surface area contributed by atoms with Crippen LogP contribution in [0.5, 0.6) is 0 Å². The van der Waals surface area contributed by atoms with Gasteiger partial charge in [0.05, 0.1) is 18.2 Å². The predicted octanol–water partition coefficient (Wildman–Crippen LogP) is 0.765. The minimum Gasteiger partial charge on any atom is -0.480 e. The zero-order valence-electron chi connectivity index (χ0n) is 10.0. The van der Waals surface area contributed by atoms with Crippen LogP contribution in [0.25, 0.3) is 0 Å². The Kier molecular flexibility index (Phi) is 3.80. The second-order valence-corrected chi connectivity index (χ2v) is 4.32. The van der Waals surface area contributed by atoms with Gasteiger partial charge in [0.15, 0.2) is 0 Å². The third-order valence-electron chi connectivity index (χ3n) is 3.07. The standard InChI is InChI=1S/C13H15N3O2/c14-9-11-2-1-3-12(8-11)16-6-4-15(5-7-16)10-13(17)18/h1-3,8H,4-7,10H2,(H,17,18). The van der Waals surface area contributed by atoms with Crippen molar-refractivity contribution in [1.82, 2.24) is 4.90 Å². The van der Waals surface area contributed by atoms with Gasteiger partial charge in [0.2, 0.25) is 0 Å². The lowest BCUT2D eigenvalue weighted by atomic mass is 10.2. The summed E-state index contributed by atoms with van der Waals surface area (Å²) in [6.45, 7) is 3.17. The maximum absolute atomic E-state index is 10.6. The van der Waals surface area contributed by atoms with E-state index < -0.39 is 5.97 Å². The minimum absolute atomic E-state index is 0.103. The molecular formula is C13H15N3O2. The number of anilines is 1. The van der Waals surface area contributed by atoms with Gasteiger partial charge in [-0.3, -0.25) is 9.69 Å². The molecule has 0 unspecified atom stereocenters. The van der Waals surface area contributed by atoms with Crippen molar-refractivity contribution >= 4 is 11.7 Å². The Balaban J connectivity index is 1.97. The van der Waals surface area contributed by atoms with E-state index in [1.54, 1.807) is 6.07 Å². The minimum atomic E-state index is -0.782. The van der Waals surface area contributed by atoms with E-state index in [-0.39, 0.29) is 6.54 Å². The number of piperazine rings is 1. The Labute approximate surface area is 106 Å². The average Bonchev–Trinajstić information content (AvgIpc) is 2.39. The fourth-order valence-electron chi connectivity index (χ4n) is 2.13. The summed E-state index contributed by atoms with van der Waals surface area (Å²) >= 11 is 0. The van der Waals surface area contributed by atoms with Gasteiger partial charge < -0.3 is 10.0 Å². The van der Waals surface area contributed by atoms with E-state index in [1.807, 2.05) is 23.1 Å². The van der Waals surface area contributed by atoms with Crippen LogP contribution in [0, 0.1) is 11.3 Å². The number of carboxylic acid groups (broad SMARTS) is 1. The van der Waals surface area contributed by atoms with Gasteiger partial charge in [-0.25, -0.2) is 0 Å². The van der Waals surface area contributed by atoms with Gasteiger partial charge in [-0.15, -0.1) is 0 Å². The van der Waals surface area contributed by atoms with Crippen molar-refractivity contribution in [2.75, 3.05) is 37.6 Å². The zero-order chi connectivity index (χ0) is 13.0. The number of hydrogen-bond acceptors (Lipinski definition) is 4. The van der Waals surface area contributed by atoms with Gasteiger partial charge in [-0.2, -0.15) is 5.26 Å². The summed E-state index contributed by atoms with van der Waals surface area (Å²) in [4.78, 5) is 14.7. The predicted molar refractivity (Wildman–Crippen MR) is 67.4 cm³/mol. The van der Waals surface area contributed by atoms with Gasteiger partial charge in [0.1, 0.15) is 0 Å². The number of carbonyl (C=O) groups is 1. The van der Waals surface area contributed by atoms with Crippen LogP contribution in [-0.2, 0) is 4.79 Å². The van der Waals surface area contributed by atoms with Crippen LogP contribution >= 0.6 is 0 Å². The zero-order valence-corrected chi connectivity index (χ0v) is 10.0. The van der Waals surface area contributed by atoms with Crippen molar-refractivity contribution in [2.24, 2.45) is 0 Å². The van der Waals surface area contributed by atoms with Gasteiger partial charge in [0.25, 0.3) is 0 Å². The molecule has 0 aromatic heterocycles. The highest BCUT2D eigenvalue weighted by atomic mass is 16.4. The van der Waals surface area contributed by atoms with Gasteiger partial charge >= 0.3 is 5.97 Å². The lowest BCUT2D eigenvalue weighted by Gasteiger charge is -2.35. The number of aliphatic carboxylic acids is 1. The molecule has 1 heterocycles. The summed E-state index contributed by atoms with van der Waals surface area (Å²) in [5, 5.41) is 17.6. The molecule has 0 atom stereocenters. The first-order valence-corrected chi connectivity index (χ1v) is 5.88. The van der Waals surface area contributed by atoms with Crippen LogP contribution in [0.1, 0.15) is 5.56 Å². The van der Waals surface area contributed by atoms with Crippen LogP contribution in [0.4, 0.5) is 5.69 Å². The van der Waals surface area contributed by atoms with E-state index >= 15 is 0 Å².